The van der Waals surface area contributed by atoms with Crippen LogP contribution in [0.3, 0.4) is 0 Å². The van der Waals surface area contributed by atoms with Gasteiger partial charge in [-0.15, -0.1) is 70.8 Å². The van der Waals surface area contributed by atoms with E-state index in [1.807, 2.05) is 98.4 Å². The molecule has 0 N–H and O–H groups in total. The van der Waals surface area contributed by atoms with Crippen molar-refractivity contribution in [3.8, 4) is 190 Å². The van der Waals surface area contributed by atoms with Gasteiger partial charge in [-0.05, 0) is 226 Å². The van der Waals surface area contributed by atoms with Crippen molar-refractivity contribution in [2.75, 3.05) is 0 Å². The van der Waals surface area contributed by atoms with E-state index in [1.54, 1.807) is 0 Å². The van der Waals surface area contributed by atoms with Gasteiger partial charge < -0.3 is 49.8 Å². The largest absolute Gasteiger partial charge is 3.00 e. The third kappa shape index (κ3) is 18.4. The maximum Gasteiger partial charge on any atom is 3.00 e. The average Bonchev–Trinajstić information content (AvgIpc) is 0.767. The molecule has 9 heterocycles. The minimum Gasteiger partial charge on any atom is -0.356 e. The van der Waals surface area contributed by atoms with Gasteiger partial charge in [0.1, 0.15) is 0 Å². The number of rotatable bonds is 17. The molecule has 9 aromatic carbocycles. The monoisotopic (exact) mass is 1980 g/mol. The summed E-state index contributed by atoms with van der Waals surface area (Å²) in [6.45, 7) is 25.9. The molecule has 126 heavy (non-hydrogen) atoms. The number of hydrogen-bond donors (Lipinski definition) is 0. The molecule has 10 nitrogen and oxygen atoms in total. The number of pyridine rings is 8. The van der Waals surface area contributed by atoms with E-state index in [4.69, 9.17) is 49.8 Å². The molecule has 0 fully saturated rings. The normalized spacial score (nSPS) is 11.7. The summed E-state index contributed by atoms with van der Waals surface area (Å²) in [7, 11) is 0. The molecule has 12 heteroatoms. The molecule has 0 aliphatic heterocycles. The van der Waals surface area contributed by atoms with Gasteiger partial charge in [0.2, 0.25) is 0 Å². The van der Waals surface area contributed by atoms with Gasteiger partial charge in [-0.1, -0.05) is 308 Å². The summed E-state index contributed by atoms with van der Waals surface area (Å²) < 4.78 is 0. The Hall–Kier alpha value is -13.4. The summed E-state index contributed by atoms with van der Waals surface area (Å²) >= 11 is 0. The Balaban J connectivity index is 0.00000585. The first-order valence-electron chi connectivity index (χ1n) is 42.0. The Labute approximate surface area is 766 Å². The van der Waals surface area contributed by atoms with Crippen molar-refractivity contribution in [1.29, 1.82) is 0 Å². The first-order valence-corrected chi connectivity index (χ1v) is 42.0. The van der Waals surface area contributed by atoms with Crippen molar-refractivity contribution >= 4 is 0 Å². The maximum atomic E-state index is 5.11. The van der Waals surface area contributed by atoms with Crippen LogP contribution in [0.25, 0.3) is 190 Å². The van der Waals surface area contributed by atoms with Crippen LogP contribution in [0.5, 0.6) is 0 Å². The Bertz CT molecular complexity index is 6160. The van der Waals surface area contributed by atoms with Gasteiger partial charge in [-0.2, -0.15) is 5.56 Å². The van der Waals surface area contributed by atoms with Gasteiger partial charge in [0.25, 0.3) is 0 Å². The zero-order valence-electron chi connectivity index (χ0n) is 72.3. The Morgan fingerprint density at radius 2 is 0.381 bits per heavy atom. The molecule has 0 saturated carbocycles. The molecule has 18 aromatic rings. The molecule has 0 bridgehead atoms. The molecule has 0 atom stereocenters. The molecule has 614 valence electrons. The van der Waals surface area contributed by atoms with E-state index in [9.17, 15) is 0 Å². The second-order valence-electron chi connectivity index (χ2n) is 35.7. The van der Waals surface area contributed by atoms with E-state index in [2.05, 4.69) is 350 Å². The van der Waals surface area contributed by atoms with Crippen molar-refractivity contribution in [3.63, 3.8) is 0 Å². The molecule has 0 aliphatic carbocycles. The van der Waals surface area contributed by atoms with Crippen LogP contribution in [-0.2, 0) is 61.9 Å². The zero-order chi connectivity index (χ0) is 85.4. The predicted molar refractivity (Wildman–Crippen MR) is 505 cm³/mol. The van der Waals surface area contributed by atoms with Crippen molar-refractivity contribution in [3.05, 3.63) is 388 Å². The first-order chi connectivity index (χ1) is 59.9. The van der Waals surface area contributed by atoms with Gasteiger partial charge in [-0.3, -0.25) is 12.1 Å². The van der Waals surface area contributed by atoms with Crippen LogP contribution in [0.4, 0.5) is 0 Å². The van der Waals surface area contributed by atoms with Crippen molar-refractivity contribution in [2.45, 2.75) is 105 Å². The third-order valence-electron chi connectivity index (χ3n) is 22.8. The van der Waals surface area contributed by atoms with Gasteiger partial charge in [0.05, 0.1) is 0 Å². The Morgan fingerprint density at radius 3 is 0.571 bits per heavy atom. The minimum atomic E-state index is -0.0937. The topological polar surface area (TPSA) is 129 Å². The molecule has 0 radical (unpaired) electrons. The number of benzene rings is 9. The summed E-state index contributed by atoms with van der Waals surface area (Å²) in [5.41, 5.74) is 35.2. The standard InChI is InChI=1S/C114H90N10.2Ir/c1-111(2,3)106-53-45-79(67-119-106)102-49-41-75(63-115-102)91-26-14-19-31-96(91)84-57-83(58-85(59-84)97-32-20-15-27-92(97)76-42-50-103(116-64-76)80-46-54-107(120-68-80)112(4,5)6)95-30-18-13-25-90(95)73-37-39-74(40-38-73)110-123-71-89(72-124-110)101-36-24-23-35-100(101)88-61-86(98-33-21-16-28-93(98)77-43-51-104(117-65-77)81-47-55-108(121-69-81)113(7,8)9)60-87(62-88)99-34-22-17-29-94(99)78-44-52-105(118-66-78)82-48-56-109(122-70-82)114(10,11)12;;/h13-38,41-44,49-72H,1-12H3;;/q-6;2*+3. The molecular formula is C114H90Ir2N10. The summed E-state index contributed by atoms with van der Waals surface area (Å²) in [5, 5.41) is 0. The smallest absolute Gasteiger partial charge is 0.356 e. The molecule has 18 rings (SSSR count). The number of nitrogens with zero attached hydrogens (tertiary/aromatic N) is 10. The second-order valence-corrected chi connectivity index (χ2v) is 35.7. The SMILES string of the molecule is CC(C)(C)c1c[c-]c(-c2ccc(-c3ccccc3-c3cc(-c4ccccc4-c4c[c-]c(-c5ncc(-c6ccccc6-c6cc(-c7ccccc7-c7ccc(-c8[c-]cc(C(C)(C)C)nc8)nc7)cc(-c7ccccc7-c7ccc(-c8[c-]cc(C(C)(C)C)nc8)nc7)c6)cn5)[c-]c4)cc(-c4ccccc4-c4ccc(-c5[c-]cc(C(C)(C)C)nc5)nc4)c3)cn2)cn1.[Ir+3].[Ir+3]. The van der Waals surface area contributed by atoms with Gasteiger partial charge in [0.15, 0.2) is 0 Å². The molecular weight excluding hydrogens is 1890 g/mol. The summed E-state index contributed by atoms with van der Waals surface area (Å²) in [6, 6.07) is 115. The van der Waals surface area contributed by atoms with Crippen molar-refractivity contribution < 1.29 is 40.2 Å². The molecule has 0 aliphatic rings. The van der Waals surface area contributed by atoms with Crippen molar-refractivity contribution in [1.82, 2.24) is 49.8 Å². The van der Waals surface area contributed by atoms with Crippen LogP contribution < -0.4 is 0 Å². The molecule has 0 amide bonds. The first kappa shape index (κ1) is 86.1. The Morgan fingerprint density at radius 1 is 0.183 bits per heavy atom. The van der Waals surface area contributed by atoms with E-state index in [0.717, 1.165) is 201 Å². The molecule has 0 unspecified atom stereocenters. The van der Waals surface area contributed by atoms with Gasteiger partial charge >= 0.3 is 40.2 Å². The van der Waals surface area contributed by atoms with Crippen LogP contribution in [0, 0.1) is 36.4 Å². The minimum absolute atomic E-state index is 0. The summed E-state index contributed by atoms with van der Waals surface area (Å²) in [5.74, 6) is 0.504. The van der Waals surface area contributed by atoms with E-state index in [1.165, 1.54) is 0 Å². The van der Waals surface area contributed by atoms with Gasteiger partial charge in [0, 0.05) is 42.7 Å². The predicted octanol–water partition coefficient (Wildman–Crippen LogP) is 28.0. The van der Waals surface area contributed by atoms with Crippen LogP contribution >= 0.6 is 0 Å². The van der Waals surface area contributed by atoms with Crippen LogP contribution in [0.2, 0.25) is 0 Å². The number of hydrogen-bond acceptors (Lipinski definition) is 10. The fraction of sp³-hybridized carbons (Fsp3) is 0.140. The molecule has 9 aromatic heterocycles. The molecule has 0 spiro atoms. The van der Waals surface area contributed by atoms with E-state index >= 15 is 0 Å². The second kappa shape index (κ2) is 36.0. The van der Waals surface area contributed by atoms with Crippen LogP contribution in [-0.4, -0.2) is 49.8 Å². The third-order valence-corrected chi connectivity index (χ3v) is 22.8. The van der Waals surface area contributed by atoms with Gasteiger partial charge in [-0.25, -0.2) is 17.7 Å². The fourth-order valence-electron chi connectivity index (χ4n) is 15.8. The van der Waals surface area contributed by atoms with E-state index < -0.39 is 0 Å². The zero-order valence-corrected chi connectivity index (χ0v) is 77.1. The Kier molecular flexibility index (Phi) is 24.6. The number of aromatic nitrogens is 10. The summed E-state index contributed by atoms with van der Waals surface area (Å²) in [6.07, 6.45) is 19.2. The maximum absolute atomic E-state index is 5.11. The van der Waals surface area contributed by atoms with Crippen LogP contribution in [0.15, 0.2) is 329 Å². The van der Waals surface area contributed by atoms with E-state index in [-0.39, 0.29) is 61.9 Å². The van der Waals surface area contributed by atoms with E-state index in [0.29, 0.717) is 11.4 Å². The average molecular weight is 1980 g/mol. The molecule has 0 saturated heterocycles. The van der Waals surface area contributed by atoms with Crippen LogP contribution in [0.1, 0.15) is 106 Å². The van der Waals surface area contributed by atoms with Crippen molar-refractivity contribution in [2.24, 2.45) is 0 Å². The quantitative estimate of drug-likeness (QED) is 0.0813. The fourth-order valence-corrected chi connectivity index (χ4v) is 15.8. The summed E-state index contributed by atoms with van der Waals surface area (Å²) in [4.78, 5) is 49.5.